The van der Waals surface area contributed by atoms with Gasteiger partial charge < -0.3 is 4.74 Å². The van der Waals surface area contributed by atoms with Crippen LogP contribution in [0.2, 0.25) is 0 Å². The molecule has 0 aliphatic rings. The molecule has 0 aliphatic carbocycles. The maximum atomic E-state index is 5.35. The summed E-state index contributed by atoms with van der Waals surface area (Å²) in [5, 5.41) is 4.21. The van der Waals surface area contributed by atoms with Crippen molar-refractivity contribution < 1.29 is 4.74 Å². The van der Waals surface area contributed by atoms with E-state index in [2.05, 4.69) is 40.0 Å². The third-order valence-electron chi connectivity index (χ3n) is 2.06. The van der Waals surface area contributed by atoms with E-state index in [-0.39, 0.29) is 0 Å². The van der Waals surface area contributed by atoms with Crippen LogP contribution in [0.25, 0.3) is 10.1 Å². The van der Waals surface area contributed by atoms with Crippen molar-refractivity contribution in [1.29, 1.82) is 0 Å². The van der Waals surface area contributed by atoms with Crippen LogP contribution in [-0.4, -0.2) is 7.11 Å². The highest BCUT2D eigenvalue weighted by molar-refractivity contribution is 9.08. The SMILES string of the molecule is COc1cc(S)cc2scc(CBr)c12. The summed E-state index contributed by atoms with van der Waals surface area (Å²) >= 11 is 9.53. The molecule has 1 nitrogen and oxygen atoms in total. The Kier molecular flexibility index (Phi) is 3.04. The topological polar surface area (TPSA) is 9.23 Å². The fraction of sp³-hybridized carbons (Fsp3) is 0.200. The van der Waals surface area contributed by atoms with Crippen LogP contribution in [-0.2, 0) is 5.33 Å². The lowest BCUT2D eigenvalue weighted by Gasteiger charge is -2.04. The zero-order valence-corrected chi connectivity index (χ0v) is 10.9. The molecule has 0 fully saturated rings. The van der Waals surface area contributed by atoms with Crippen molar-refractivity contribution in [1.82, 2.24) is 0 Å². The first-order valence-corrected chi connectivity index (χ1v) is 6.54. The molecule has 14 heavy (non-hydrogen) atoms. The first kappa shape index (κ1) is 10.3. The first-order valence-electron chi connectivity index (χ1n) is 4.09. The Hall–Kier alpha value is -0.190. The van der Waals surface area contributed by atoms with E-state index in [1.165, 1.54) is 15.6 Å². The number of ether oxygens (including phenoxy) is 1. The van der Waals surface area contributed by atoms with Gasteiger partial charge in [-0.3, -0.25) is 0 Å². The Morgan fingerprint density at radius 3 is 2.93 bits per heavy atom. The van der Waals surface area contributed by atoms with Crippen LogP contribution in [0.3, 0.4) is 0 Å². The highest BCUT2D eigenvalue weighted by Gasteiger charge is 2.09. The van der Waals surface area contributed by atoms with Crippen LogP contribution in [0.1, 0.15) is 5.56 Å². The van der Waals surface area contributed by atoms with Gasteiger partial charge in [-0.05, 0) is 23.1 Å². The number of hydrogen-bond acceptors (Lipinski definition) is 3. The fourth-order valence-electron chi connectivity index (χ4n) is 1.44. The summed E-state index contributed by atoms with van der Waals surface area (Å²) in [5.41, 5.74) is 1.27. The Morgan fingerprint density at radius 2 is 2.29 bits per heavy atom. The number of fused-ring (bicyclic) bond motifs is 1. The summed E-state index contributed by atoms with van der Waals surface area (Å²) in [6, 6.07) is 4.02. The highest BCUT2D eigenvalue weighted by Crippen LogP contribution is 2.36. The zero-order valence-electron chi connectivity index (χ0n) is 7.58. The minimum Gasteiger partial charge on any atom is -0.496 e. The number of alkyl halides is 1. The number of thiophene rings is 1. The molecule has 0 saturated carbocycles. The highest BCUT2D eigenvalue weighted by atomic mass is 79.9. The standard InChI is InChI=1S/C10H9BrOS2/c1-12-8-2-7(13)3-9-10(8)6(4-11)5-14-9/h2-3,5,13H,4H2,1H3. The largest absolute Gasteiger partial charge is 0.496 e. The third-order valence-corrected chi connectivity index (χ3v) is 3.90. The Morgan fingerprint density at radius 1 is 1.50 bits per heavy atom. The molecule has 74 valence electrons. The van der Waals surface area contributed by atoms with Gasteiger partial charge in [-0.15, -0.1) is 24.0 Å². The Balaban J connectivity index is 2.78. The van der Waals surface area contributed by atoms with Gasteiger partial charge in [-0.25, -0.2) is 0 Å². The first-order chi connectivity index (χ1) is 6.76. The van der Waals surface area contributed by atoms with E-state index in [0.29, 0.717) is 0 Å². The van der Waals surface area contributed by atoms with Crippen LogP contribution in [0.15, 0.2) is 22.4 Å². The van der Waals surface area contributed by atoms with Gasteiger partial charge in [0.1, 0.15) is 5.75 Å². The van der Waals surface area contributed by atoms with Crippen molar-refractivity contribution in [3.8, 4) is 5.75 Å². The van der Waals surface area contributed by atoms with Crippen molar-refractivity contribution in [2.45, 2.75) is 10.2 Å². The predicted octanol–water partition coefficient (Wildman–Crippen LogP) is 4.09. The second kappa shape index (κ2) is 4.13. The van der Waals surface area contributed by atoms with Gasteiger partial charge in [-0.1, -0.05) is 15.9 Å². The molecule has 2 aromatic rings. The summed E-state index contributed by atoms with van der Waals surface area (Å²) in [6.45, 7) is 0. The molecule has 0 unspecified atom stereocenters. The Bertz CT molecular complexity index is 464. The summed E-state index contributed by atoms with van der Waals surface area (Å²) in [6.07, 6.45) is 0. The minimum absolute atomic E-state index is 0.856. The molecule has 0 atom stereocenters. The van der Waals surface area contributed by atoms with E-state index in [4.69, 9.17) is 4.74 Å². The molecule has 4 heteroatoms. The van der Waals surface area contributed by atoms with Crippen molar-refractivity contribution >= 4 is 50.0 Å². The maximum Gasteiger partial charge on any atom is 0.128 e. The van der Waals surface area contributed by atoms with Crippen LogP contribution >= 0.6 is 39.9 Å². The van der Waals surface area contributed by atoms with Crippen molar-refractivity contribution in [3.05, 3.63) is 23.1 Å². The Labute approximate surface area is 101 Å². The van der Waals surface area contributed by atoms with Crippen LogP contribution < -0.4 is 4.74 Å². The van der Waals surface area contributed by atoms with Crippen LogP contribution in [0.5, 0.6) is 5.75 Å². The van der Waals surface area contributed by atoms with E-state index in [1.54, 1.807) is 18.4 Å². The summed E-state index contributed by atoms with van der Waals surface area (Å²) in [4.78, 5) is 0.942. The van der Waals surface area contributed by atoms with E-state index < -0.39 is 0 Å². The lowest BCUT2D eigenvalue weighted by atomic mass is 10.2. The number of rotatable bonds is 2. The third kappa shape index (κ3) is 1.66. The molecule has 0 saturated heterocycles. The lowest BCUT2D eigenvalue weighted by molar-refractivity contribution is 0.419. The molecule has 0 spiro atoms. The number of hydrogen-bond donors (Lipinski definition) is 1. The van der Waals surface area contributed by atoms with Crippen molar-refractivity contribution in [2.24, 2.45) is 0 Å². The average Bonchev–Trinajstić information content (AvgIpc) is 2.59. The van der Waals surface area contributed by atoms with E-state index in [1.807, 2.05) is 6.07 Å². The molecule has 0 amide bonds. The second-order valence-corrected chi connectivity index (χ2v) is 4.90. The van der Waals surface area contributed by atoms with E-state index in [0.717, 1.165) is 16.0 Å². The fourth-order valence-corrected chi connectivity index (χ4v) is 3.44. The molecule has 2 rings (SSSR count). The smallest absolute Gasteiger partial charge is 0.128 e. The number of halogens is 1. The van der Waals surface area contributed by atoms with Crippen molar-refractivity contribution in [2.75, 3.05) is 7.11 Å². The zero-order chi connectivity index (χ0) is 10.1. The van der Waals surface area contributed by atoms with E-state index in [9.17, 15) is 0 Å². The molecule has 1 aromatic carbocycles. The van der Waals surface area contributed by atoms with Gasteiger partial charge in [0.05, 0.1) is 7.11 Å². The van der Waals surface area contributed by atoms with Crippen LogP contribution in [0, 0.1) is 0 Å². The van der Waals surface area contributed by atoms with Gasteiger partial charge in [0.25, 0.3) is 0 Å². The van der Waals surface area contributed by atoms with Gasteiger partial charge in [0.2, 0.25) is 0 Å². The maximum absolute atomic E-state index is 5.35. The quantitative estimate of drug-likeness (QED) is 0.647. The normalized spacial score (nSPS) is 10.8. The molecule has 0 aliphatic heterocycles. The number of benzene rings is 1. The summed E-state index contributed by atoms with van der Waals surface area (Å²) < 4.78 is 6.57. The number of methoxy groups -OCH3 is 1. The lowest BCUT2D eigenvalue weighted by Crippen LogP contribution is -1.85. The average molecular weight is 289 g/mol. The van der Waals surface area contributed by atoms with Crippen LogP contribution in [0.4, 0.5) is 0 Å². The molecule has 1 aromatic heterocycles. The van der Waals surface area contributed by atoms with Gasteiger partial charge >= 0.3 is 0 Å². The predicted molar refractivity (Wildman–Crippen MR) is 68.3 cm³/mol. The van der Waals surface area contributed by atoms with Gasteiger partial charge in [-0.2, -0.15) is 0 Å². The molecule has 0 radical (unpaired) electrons. The monoisotopic (exact) mass is 288 g/mol. The minimum atomic E-state index is 0.856. The summed E-state index contributed by atoms with van der Waals surface area (Å²) in [5.74, 6) is 0.906. The molecule has 0 N–H and O–H groups in total. The van der Waals surface area contributed by atoms with E-state index >= 15 is 0 Å². The molecular formula is C10H9BrOS2. The van der Waals surface area contributed by atoms with Gasteiger partial charge in [0, 0.05) is 20.3 Å². The molecule has 1 heterocycles. The second-order valence-electron chi connectivity index (χ2n) is 2.92. The van der Waals surface area contributed by atoms with Crippen molar-refractivity contribution in [3.63, 3.8) is 0 Å². The van der Waals surface area contributed by atoms with Gasteiger partial charge in [0.15, 0.2) is 0 Å². The summed E-state index contributed by atoms with van der Waals surface area (Å²) in [7, 11) is 1.69. The molecular weight excluding hydrogens is 280 g/mol. The molecule has 0 bridgehead atoms. The number of thiol groups is 1.